The molecule has 242 valence electrons. The summed E-state index contributed by atoms with van der Waals surface area (Å²) in [7, 11) is 6.26. The first-order chi connectivity index (χ1) is 22.1. The smallest absolute Gasteiger partial charge is 0.411 e. The fraction of sp³-hybridized carbons (Fsp3) is 0.312. The van der Waals surface area contributed by atoms with Crippen LogP contribution in [0.15, 0.2) is 65.5 Å². The second-order valence-corrected chi connectivity index (χ2v) is 10.7. The number of benzene rings is 3. The maximum atomic E-state index is 14.3. The number of urea groups is 1. The summed E-state index contributed by atoms with van der Waals surface area (Å²) in [5, 5.41) is 7.60. The lowest BCUT2D eigenvalue weighted by molar-refractivity contribution is 0.187. The number of hydrogen-bond acceptors (Lipinski definition) is 9. The van der Waals surface area contributed by atoms with Gasteiger partial charge in [-0.15, -0.1) is 0 Å². The molecule has 5 rings (SSSR count). The van der Waals surface area contributed by atoms with Crippen LogP contribution in [0, 0.1) is 5.82 Å². The molecule has 13 nitrogen and oxygen atoms in total. The van der Waals surface area contributed by atoms with Crippen LogP contribution >= 0.6 is 0 Å². The van der Waals surface area contributed by atoms with E-state index in [1.54, 1.807) is 43.3 Å². The summed E-state index contributed by atoms with van der Waals surface area (Å²) < 4.78 is 30.9. The maximum absolute atomic E-state index is 14.3. The second-order valence-electron chi connectivity index (χ2n) is 10.7. The number of aromatic nitrogens is 2. The fourth-order valence-corrected chi connectivity index (χ4v) is 5.29. The van der Waals surface area contributed by atoms with Gasteiger partial charge < -0.3 is 29.4 Å². The molecule has 14 heteroatoms. The summed E-state index contributed by atoms with van der Waals surface area (Å²) in [6.07, 6.45) is -0.673. The molecule has 1 aromatic heterocycles. The summed E-state index contributed by atoms with van der Waals surface area (Å²) >= 11 is 0. The number of fused-ring (bicyclic) bond motifs is 1. The molecule has 1 atom stereocenters. The lowest BCUT2D eigenvalue weighted by atomic mass is 10.1. The molecule has 0 aliphatic carbocycles. The predicted octanol–water partition coefficient (Wildman–Crippen LogP) is 4.41. The van der Waals surface area contributed by atoms with E-state index < -0.39 is 24.0 Å². The number of nitrogens with zero attached hydrogens (tertiary/aromatic N) is 5. The van der Waals surface area contributed by atoms with Gasteiger partial charge in [-0.2, -0.15) is 0 Å². The normalized spacial score (nSPS) is 14.0. The van der Waals surface area contributed by atoms with Crippen LogP contribution in [0.1, 0.15) is 18.8 Å². The van der Waals surface area contributed by atoms with E-state index in [-0.39, 0.29) is 10.9 Å². The van der Waals surface area contributed by atoms with Gasteiger partial charge in [-0.1, -0.05) is 0 Å². The highest BCUT2D eigenvalue weighted by Crippen LogP contribution is 2.37. The molecule has 2 N–H and O–H groups in total. The average molecular weight is 634 g/mol. The van der Waals surface area contributed by atoms with Gasteiger partial charge in [-0.05, 0) is 68.6 Å². The maximum Gasteiger partial charge on any atom is 0.411 e. The average Bonchev–Trinajstić information content (AvgIpc) is 3.06. The number of likely N-dealkylation sites (N-methyl/N-ethyl adjacent to an activating group) is 1. The Morgan fingerprint density at radius 2 is 1.61 bits per heavy atom. The van der Waals surface area contributed by atoms with Crippen LogP contribution < -0.4 is 35.6 Å². The number of anilines is 3. The van der Waals surface area contributed by atoms with E-state index in [0.717, 1.165) is 0 Å². The minimum absolute atomic E-state index is 0.271. The molecule has 2 heterocycles. The summed E-state index contributed by atoms with van der Waals surface area (Å²) in [6, 6.07) is 13.8. The summed E-state index contributed by atoms with van der Waals surface area (Å²) in [4.78, 5) is 48.9. The zero-order valence-corrected chi connectivity index (χ0v) is 26.2. The first kappa shape index (κ1) is 32.0. The topological polar surface area (TPSA) is 130 Å². The van der Waals surface area contributed by atoms with Crippen molar-refractivity contribution in [2.24, 2.45) is 0 Å². The third-order valence-corrected chi connectivity index (χ3v) is 7.79. The van der Waals surface area contributed by atoms with Gasteiger partial charge in [0.15, 0.2) is 5.82 Å². The zero-order valence-electron chi connectivity index (χ0n) is 26.2. The Morgan fingerprint density at radius 3 is 2.26 bits per heavy atom. The molecule has 1 aliphatic heterocycles. The monoisotopic (exact) mass is 633 g/mol. The molecule has 0 bridgehead atoms. The van der Waals surface area contributed by atoms with E-state index in [0.29, 0.717) is 66.1 Å². The molecule has 1 aliphatic rings. The van der Waals surface area contributed by atoms with E-state index in [4.69, 9.17) is 19.2 Å². The highest BCUT2D eigenvalue weighted by atomic mass is 19.1. The number of ether oxygens (including phenoxy) is 3. The first-order valence-electron chi connectivity index (χ1n) is 14.6. The predicted molar refractivity (Wildman–Crippen MR) is 173 cm³/mol. The molecule has 3 aromatic carbocycles. The van der Waals surface area contributed by atoms with Gasteiger partial charge in [0, 0.05) is 43.6 Å². The van der Waals surface area contributed by atoms with Crippen molar-refractivity contribution >= 4 is 40.1 Å². The van der Waals surface area contributed by atoms with Gasteiger partial charge in [-0.25, -0.2) is 23.6 Å². The Hall–Kier alpha value is -5.37. The van der Waals surface area contributed by atoms with Crippen LogP contribution in [0.5, 0.6) is 11.5 Å². The van der Waals surface area contributed by atoms with E-state index in [9.17, 15) is 18.8 Å². The molecule has 46 heavy (non-hydrogen) atoms. The number of hydrogen-bond donors (Lipinski definition) is 2. The number of rotatable bonds is 8. The Bertz CT molecular complexity index is 1790. The highest BCUT2D eigenvalue weighted by Gasteiger charge is 2.32. The third-order valence-electron chi connectivity index (χ3n) is 7.79. The Balaban J connectivity index is 1.68. The molecule has 0 saturated carbocycles. The van der Waals surface area contributed by atoms with Crippen molar-refractivity contribution in [3.63, 3.8) is 0 Å². The van der Waals surface area contributed by atoms with Gasteiger partial charge in [-0.3, -0.25) is 15.0 Å². The molecule has 1 fully saturated rings. The summed E-state index contributed by atoms with van der Waals surface area (Å²) in [6.45, 7) is 4.21. The fourth-order valence-electron chi connectivity index (χ4n) is 5.29. The van der Waals surface area contributed by atoms with Crippen LogP contribution in [-0.4, -0.2) is 81.2 Å². The van der Waals surface area contributed by atoms with Crippen molar-refractivity contribution in [1.29, 1.82) is 0 Å². The molecular formula is C32H36FN7O6. The van der Waals surface area contributed by atoms with E-state index in [1.807, 2.05) is 12.1 Å². The number of methoxy groups -OCH3 is 3. The lowest BCUT2D eigenvalue weighted by Crippen LogP contribution is -2.55. The number of halogens is 1. The Kier molecular flexibility index (Phi) is 9.56. The van der Waals surface area contributed by atoms with Crippen LogP contribution in [0.2, 0.25) is 0 Å². The first-order valence-corrected chi connectivity index (χ1v) is 14.6. The van der Waals surface area contributed by atoms with Crippen molar-refractivity contribution < 1.29 is 28.2 Å². The summed E-state index contributed by atoms with van der Waals surface area (Å²) in [5.74, 6) is 0.708. The molecule has 1 saturated heterocycles. The lowest BCUT2D eigenvalue weighted by Gasteiger charge is -2.38. The molecule has 4 aromatic rings. The number of carbonyl (C=O) groups is 2. The Morgan fingerprint density at radius 1 is 0.913 bits per heavy atom. The van der Waals surface area contributed by atoms with Crippen LogP contribution in [0.3, 0.4) is 0 Å². The van der Waals surface area contributed by atoms with Crippen LogP contribution in [0.25, 0.3) is 10.9 Å². The quantitative estimate of drug-likeness (QED) is 0.290. The molecule has 0 spiro atoms. The van der Waals surface area contributed by atoms with Gasteiger partial charge in [0.25, 0.3) is 5.56 Å². The molecular weight excluding hydrogens is 597 g/mol. The minimum atomic E-state index is -0.840. The van der Waals surface area contributed by atoms with E-state index in [1.165, 1.54) is 55.2 Å². The number of nitrogens with one attached hydrogen (secondary N) is 2. The zero-order chi connectivity index (χ0) is 33.0. The van der Waals surface area contributed by atoms with Gasteiger partial charge in [0.1, 0.15) is 17.3 Å². The summed E-state index contributed by atoms with van der Waals surface area (Å²) in [5.41, 5.74) is 1.11. The van der Waals surface area contributed by atoms with E-state index in [2.05, 4.69) is 15.5 Å². The van der Waals surface area contributed by atoms with Crippen molar-refractivity contribution in [2.45, 2.75) is 13.0 Å². The highest BCUT2D eigenvalue weighted by molar-refractivity contribution is 6.03. The standard InChI is InChI=1S/C32H36FN7O6/c1-20(39(27-13-11-24(44-3)19-28(27)45-4)31(42)34-22-8-6-21(33)7-9-22)29-36-26-12-10-23(35-32(43)46-5)18-25(26)30(41)40(29)38-16-14-37(2)15-17-38/h6-13,18-20H,14-17H2,1-5H3,(H,34,42)(H,35,43). The van der Waals surface area contributed by atoms with Crippen molar-refractivity contribution in [3.8, 4) is 11.5 Å². The molecule has 3 amide bonds. The van der Waals surface area contributed by atoms with Gasteiger partial charge >= 0.3 is 12.1 Å². The second kappa shape index (κ2) is 13.7. The van der Waals surface area contributed by atoms with Crippen molar-refractivity contribution in [2.75, 3.05) is 75.1 Å². The van der Waals surface area contributed by atoms with Crippen LogP contribution in [0.4, 0.5) is 31.0 Å². The van der Waals surface area contributed by atoms with Crippen molar-refractivity contribution in [1.82, 2.24) is 14.6 Å². The van der Waals surface area contributed by atoms with E-state index >= 15 is 0 Å². The number of carbonyl (C=O) groups excluding carboxylic acids is 2. The third kappa shape index (κ3) is 6.66. The van der Waals surface area contributed by atoms with Gasteiger partial charge in [0.05, 0.1) is 44.0 Å². The minimum Gasteiger partial charge on any atom is -0.497 e. The number of piperazine rings is 1. The largest absolute Gasteiger partial charge is 0.497 e. The SMILES string of the molecule is COC(=O)Nc1ccc2nc(C(C)N(C(=O)Nc3ccc(F)cc3)c3ccc(OC)cc3OC)n(N3CCN(C)CC3)c(=O)c2c1. The Labute approximate surface area is 265 Å². The number of amides is 3. The molecule has 0 radical (unpaired) electrons. The molecule has 1 unspecified atom stereocenters. The van der Waals surface area contributed by atoms with Gasteiger partial charge in [0.2, 0.25) is 0 Å². The van der Waals surface area contributed by atoms with Crippen molar-refractivity contribution in [3.05, 3.63) is 82.7 Å². The van der Waals surface area contributed by atoms with Crippen LogP contribution in [-0.2, 0) is 4.74 Å².